The van der Waals surface area contributed by atoms with Gasteiger partial charge in [-0.1, -0.05) is 23.7 Å². The Morgan fingerprint density at radius 3 is 2.73 bits per heavy atom. The van der Waals surface area contributed by atoms with Crippen LogP contribution in [0.15, 0.2) is 24.3 Å². The molecule has 3 aliphatic heterocycles. The van der Waals surface area contributed by atoms with E-state index in [2.05, 4.69) is 10.2 Å². The summed E-state index contributed by atoms with van der Waals surface area (Å²) in [6, 6.07) is 8.05. The number of piperidine rings is 3. The molecule has 2 aromatic rings. The monoisotopic (exact) mass is 338 g/mol. The lowest BCUT2D eigenvalue weighted by molar-refractivity contribution is 0.0622. The predicted octanol–water partition coefficient (Wildman–Crippen LogP) is 2.55. The molecule has 3 aliphatic rings. The van der Waals surface area contributed by atoms with Gasteiger partial charge < -0.3 is 15.7 Å². The number of thiophene rings is 1. The molecule has 0 spiro atoms. The predicted molar refractivity (Wildman–Crippen MR) is 90.9 cm³/mol. The summed E-state index contributed by atoms with van der Waals surface area (Å²) in [7, 11) is 0. The number of hydrogen-bond donors (Lipinski definition) is 1. The van der Waals surface area contributed by atoms with Crippen LogP contribution in [0, 0.1) is 5.92 Å². The van der Waals surface area contributed by atoms with Crippen molar-refractivity contribution < 1.29 is 10.3 Å². The number of halogens is 1. The van der Waals surface area contributed by atoms with Gasteiger partial charge in [0.15, 0.2) is 0 Å². The molecule has 0 aliphatic carbocycles. The van der Waals surface area contributed by atoms with Crippen LogP contribution in [-0.4, -0.2) is 42.0 Å². The van der Waals surface area contributed by atoms with Gasteiger partial charge in [0, 0.05) is 12.6 Å². The molecule has 2 bridgehead atoms. The molecule has 1 aromatic carbocycles. The van der Waals surface area contributed by atoms with E-state index in [-0.39, 0.29) is 11.4 Å². The first-order chi connectivity index (χ1) is 10.2. The summed E-state index contributed by atoms with van der Waals surface area (Å²) in [6.07, 6.45) is 2.42. The van der Waals surface area contributed by atoms with Gasteiger partial charge in [-0.15, -0.1) is 11.3 Å². The van der Waals surface area contributed by atoms with E-state index in [0.717, 1.165) is 26.5 Å². The Kier molecular flexibility index (Phi) is 4.41. The number of fused-ring (bicyclic) bond motifs is 4. The Labute approximate surface area is 138 Å². The average molecular weight is 339 g/mol. The Morgan fingerprint density at radius 1 is 1.32 bits per heavy atom. The van der Waals surface area contributed by atoms with Gasteiger partial charge in [-0.25, -0.2) is 0 Å². The maximum Gasteiger partial charge on any atom is 0.261 e. The van der Waals surface area contributed by atoms with Crippen LogP contribution in [0.25, 0.3) is 10.1 Å². The lowest BCUT2D eigenvalue weighted by atomic mass is 9.84. The van der Waals surface area contributed by atoms with E-state index in [4.69, 9.17) is 11.6 Å². The molecule has 0 radical (unpaired) electrons. The molecule has 4 heterocycles. The van der Waals surface area contributed by atoms with E-state index in [1.165, 1.54) is 37.3 Å². The molecule has 1 atom stereocenters. The Hall–Kier alpha value is -1.14. The summed E-state index contributed by atoms with van der Waals surface area (Å²) in [5.74, 6) is 0.697. The van der Waals surface area contributed by atoms with Crippen LogP contribution in [0.4, 0.5) is 0 Å². The van der Waals surface area contributed by atoms with E-state index in [9.17, 15) is 4.79 Å². The van der Waals surface area contributed by atoms with Gasteiger partial charge in [0.25, 0.3) is 5.91 Å². The van der Waals surface area contributed by atoms with Crippen LogP contribution in [0.2, 0.25) is 5.02 Å². The van der Waals surface area contributed by atoms with E-state index < -0.39 is 0 Å². The minimum absolute atomic E-state index is 0. The number of nitrogens with zero attached hydrogens (tertiary/aromatic N) is 1. The van der Waals surface area contributed by atoms with Crippen molar-refractivity contribution in [3.05, 3.63) is 34.2 Å². The van der Waals surface area contributed by atoms with Gasteiger partial charge in [0.2, 0.25) is 0 Å². The molecular weight excluding hydrogens is 320 g/mol. The van der Waals surface area contributed by atoms with Crippen LogP contribution in [0.5, 0.6) is 0 Å². The van der Waals surface area contributed by atoms with Gasteiger partial charge in [-0.2, -0.15) is 0 Å². The largest absolute Gasteiger partial charge is 0.412 e. The number of rotatable bonds is 2. The highest BCUT2D eigenvalue weighted by molar-refractivity contribution is 7.21. The molecule has 4 nitrogen and oxygen atoms in total. The number of hydrogen-bond acceptors (Lipinski definition) is 3. The van der Waals surface area contributed by atoms with Crippen LogP contribution in [0.3, 0.4) is 0 Å². The third kappa shape index (κ3) is 2.74. The first-order valence-electron chi connectivity index (χ1n) is 7.42. The maximum absolute atomic E-state index is 12.5. The number of benzene rings is 1. The van der Waals surface area contributed by atoms with Crippen LogP contribution >= 0.6 is 22.9 Å². The van der Waals surface area contributed by atoms with Gasteiger partial charge >= 0.3 is 0 Å². The molecule has 1 amide bonds. The standard InChI is InChI=1S/C16H17ClN2OS.H2O/c17-12-3-1-2-11-8-14(21-15(11)12)16(20)18-13-9-19-6-4-10(13)5-7-19;/h1-3,8,10,13H,4-7,9H2,(H,18,20);1H2/t13-;/m0./s1. The van der Waals surface area contributed by atoms with Crippen molar-refractivity contribution in [1.29, 1.82) is 0 Å². The summed E-state index contributed by atoms with van der Waals surface area (Å²) in [4.78, 5) is 15.7. The van der Waals surface area contributed by atoms with Crippen LogP contribution < -0.4 is 5.32 Å². The number of carbonyl (C=O) groups excluding carboxylic acids is 1. The highest BCUT2D eigenvalue weighted by Gasteiger charge is 2.35. The highest BCUT2D eigenvalue weighted by Crippen LogP contribution is 2.32. The fourth-order valence-corrected chi connectivity index (χ4v) is 4.77. The van der Waals surface area contributed by atoms with Crippen molar-refractivity contribution >= 4 is 38.9 Å². The van der Waals surface area contributed by atoms with Crippen molar-refractivity contribution in [2.75, 3.05) is 19.6 Å². The molecular formula is C16H19ClN2O2S. The second-order valence-corrected chi connectivity index (χ2v) is 7.45. The summed E-state index contributed by atoms with van der Waals surface area (Å²) < 4.78 is 0.998. The van der Waals surface area contributed by atoms with Gasteiger partial charge in [0.05, 0.1) is 14.6 Å². The van der Waals surface area contributed by atoms with Gasteiger partial charge in [0.1, 0.15) is 0 Å². The van der Waals surface area contributed by atoms with E-state index >= 15 is 0 Å². The Bertz CT molecular complexity index is 695. The molecule has 6 heteroatoms. The van der Waals surface area contributed by atoms with Crippen molar-refractivity contribution in [3.63, 3.8) is 0 Å². The fourth-order valence-electron chi connectivity index (χ4n) is 3.51. The summed E-state index contributed by atoms with van der Waals surface area (Å²) in [6.45, 7) is 3.38. The van der Waals surface area contributed by atoms with Gasteiger partial charge in [-0.05, 0) is 49.4 Å². The molecule has 5 rings (SSSR count). The molecule has 3 N–H and O–H groups in total. The molecule has 0 saturated carbocycles. The van der Waals surface area contributed by atoms with Crippen molar-refractivity contribution in [3.8, 4) is 0 Å². The lowest BCUT2D eigenvalue weighted by Crippen LogP contribution is -2.57. The van der Waals surface area contributed by atoms with Crippen molar-refractivity contribution in [2.45, 2.75) is 18.9 Å². The minimum Gasteiger partial charge on any atom is -0.412 e. The maximum atomic E-state index is 12.5. The van der Waals surface area contributed by atoms with Gasteiger partial charge in [-0.3, -0.25) is 4.79 Å². The molecule has 118 valence electrons. The lowest BCUT2D eigenvalue weighted by Gasteiger charge is -2.44. The van der Waals surface area contributed by atoms with E-state index in [1.807, 2.05) is 24.3 Å². The Balaban J connectivity index is 0.00000144. The first-order valence-corrected chi connectivity index (χ1v) is 8.61. The Morgan fingerprint density at radius 2 is 2.09 bits per heavy atom. The average Bonchev–Trinajstić information content (AvgIpc) is 2.94. The zero-order valence-corrected chi connectivity index (χ0v) is 13.7. The summed E-state index contributed by atoms with van der Waals surface area (Å²) >= 11 is 7.67. The molecule has 1 aromatic heterocycles. The third-order valence-electron chi connectivity index (χ3n) is 4.69. The van der Waals surface area contributed by atoms with Crippen molar-refractivity contribution in [2.24, 2.45) is 5.92 Å². The number of amides is 1. The topological polar surface area (TPSA) is 63.8 Å². The van der Waals surface area contributed by atoms with Crippen LogP contribution in [0.1, 0.15) is 22.5 Å². The highest BCUT2D eigenvalue weighted by atomic mass is 35.5. The third-order valence-corrected chi connectivity index (χ3v) is 6.30. The summed E-state index contributed by atoms with van der Waals surface area (Å²) in [5, 5.41) is 5.00. The molecule has 3 fully saturated rings. The molecule has 3 saturated heterocycles. The second-order valence-electron chi connectivity index (χ2n) is 5.99. The number of carbonyl (C=O) groups is 1. The quantitative estimate of drug-likeness (QED) is 0.914. The SMILES string of the molecule is O.O=C(N[C@H]1CN2CCC1CC2)c1cc2cccc(Cl)c2s1. The van der Waals surface area contributed by atoms with Crippen molar-refractivity contribution in [1.82, 2.24) is 10.2 Å². The van der Waals surface area contributed by atoms with E-state index in [1.54, 1.807) is 0 Å². The first kappa shape index (κ1) is 15.7. The van der Waals surface area contributed by atoms with Crippen LogP contribution in [-0.2, 0) is 0 Å². The van der Waals surface area contributed by atoms with E-state index in [0.29, 0.717) is 12.0 Å². The molecule has 0 unspecified atom stereocenters. The zero-order chi connectivity index (χ0) is 14.4. The molecule has 22 heavy (non-hydrogen) atoms. The summed E-state index contributed by atoms with van der Waals surface area (Å²) in [5.41, 5.74) is 0. The second kappa shape index (κ2) is 6.16. The number of nitrogens with one attached hydrogen (secondary N) is 1. The smallest absolute Gasteiger partial charge is 0.261 e. The fraction of sp³-hybridized carbons (Fsp3) is 0.438. The minimum atomic E-state index is 0. The zero-order valence-electron chi connectivity index (χ0n) is 12.1. The normalized spacial score (nSPS) is 26.7.